The summed E-state index contributed by atoms with van der Waals surface area (Å²) in [6, 6.07) is 10.6. The minimum atomic E-state index is -3.85. The highest BCUT2D eigenvalue weighted by atomic mass is 35.5. The summed E-state index contributed by atoms with van der Waals surface area (Å²) in [4.78, 5) is 23.3. The van der Waals surface area contributed by atoms with Crippen LogP contribution in [0.5, 0.6) is 11.5 Å². The Balaban J connectivity index is 2.18. The molecule has 0 aliphatic heterocycles. The molecular formula is C26H32Cl3NO8S. The molecule has 0 radical (unpaired) electrons. The Morgan fingerprint density at radius 2 is 1.56 bits per heavy atom. The Labute approximate surface area is 243 Å². The third-order valence-electron chi connectivity index (χ3n) is 5.78. The summed E-state index contributed by atoms with van der Waals surface area (Å²) in [6.07, 6.45) is -0.964. The highest BCUT2D eigenvalue weighted by Crippen LogP contribution is 2.40. The number of alkyl halides is 1. The second kappa shape index (κ2) is 13.9. The molecule has 0 aliphatic rings. The van der Waals surface area contributed by atoms with E-state index in [1.165, 1.54) is 6.92 Å². The van der Waals surface area contributed by atoms with Gasteiger partial charge < -0.3 is 19.3 Å². The van der Waals surface area contributed by atoms with Crippen LogP contribution in [0.3, 0.4) is 0 Å². The zero-order valence-corrected chi connectivity index (χ0v) is 25.3. The third kappa shape index (κ3) is 9.42. The molecule has 0 unspecified atom stereocenters. The number of rotatable bonds is 13. The summed E-state index contributed by atoms with van der Waals surface area (Å²) >= 11 is 18.5. The lowest BCUT2D eigenvalue weighted by molar-refractivity contribution is -0.149. The van der Waals surface area contributed by atoms with Crippen molar-refractivity contribution in [3.05, 3.63) is 57.6 Å². The summed E-state index contributed by atoms with van der Waals surface area (Å²) in [5.74, 6) is -0.622. The summed E-state index contributed by atoms with van der Waals surface area (Å²) in [6.45, 7) is 5.68. The number of benzene rings is 2. The number of hydrogen-bond donors (Lipinski definition) is 1. The van der Waals surface area contributed by atoms with Crippen molar-refractivity contribution in [2.45, 2.75) is 45.3 Å². The molecule has 216 valence electrons. The number of amides is 1. The number of esters is 1. The predicted molar refractivity (Wildman–Crippen MR) is 151 cm³/mol. The van der Waals surface area contributed by atoms with Gasteiger partial charge in [-0.05, 0) is 35.4 Å². The van der Waals surface area contributed by atoms with Gasteiger partial charge in [-0.15, -0.1) is 11.6 Å². The van der Waals surface area contributed by atoms with E-state index in [1.807, 2.05) is 26.0 Å². The molecule has 0 spiro atoms. The van der Waals surface area contributed by atoms with Gasteiger partial charge in [0.15, 0.2) is 11.9 Å². The van der Waals surface area contributed by atoms with Gasteiger partial charge in [0.05, 0.1) is 28.7 Å². The number of aliphatic hydroxyl groups is 1. The molecule has 2 rings (SSSR count). The molecule has 0 saturated heterocycles. The molecule has 2 aromatic rings. The van der Waals surface area contributed by atoms with Gasteiger partial charge in [-0.3, -0.25) is 9.59 Å². The topological polar surface area (TPSA) is 119 Å². The monoisotopic (exact) mass is 623 g/mol. The lowest BCUT2D eigenvalue weighted by atomic mass is 9.78. The van der Waals surface area contributed by atoms with Gasteiger partial charge in [-0.25, -0.2) is 12.7 Å². The van der Waals surface area contributed by atoms with Gasteiger partial charge in [-0.1, -0.05) is 49.2 Å². The van der Waals surface area contributed by atoms with E-state index in [4.69, 9.17) is 49.0 Å². The molecule has 13 heteroatoms. The van der Waals surface area contributed by atoms with Crippen molar-refractivity contribution in [1.82, 2.24) is 4.31 Å². The number of ether oxygens (including phenoxy) is 3. The van der Waals surface area contributed by atoms with E-state index in [0.717, 1.165) is 24.3 Å². The predicted octanol–water partition coefficient (Wildman–Crippen LogP) is 4.42. The zero-order chi connectivity index (χ0) is 29.5. The van der Waals surface area contributed by atoms with Crippen molar-refractivity contribution in [2.75, 3.05) is 31.9 Å². The van der Waals surface area contributed by atoms with Gasteiger partial charge in [-0.2, -0.15) is 0 Å². The van der Waals surface area contributed by atoms with Crippen molar-refractivity contribution in [3.8, 4) is 11.5 Å². The van der Waals surface area contributed by atoms with Crippen LogP contribution >= 0.6 is 34.8 Å². The molecule has 0 aliphatic carbocycles. The van der Waals surface area contributed by atoms with Crippen LogP contribution in [0.1, 0.15) is 38.8 Å². The number of sulfonamides is 1. The average Bonchev–Trinajstić information content (AvgIpc) is 2.83. The highest BCUT2D eigenvalue weighted by molar-refractivity contribution is 7.88. The first-order valence-electron chi connectivity index (χ1n) is 11.8. The van der Waals surface area contributed by atoms with Crippen molar-refractivity contribution in [1.29, 1.82) is 0 Å². The molecule has 0 heterocycles. The molecule has 2 atom stereocenters. The Bertz CT molecular complexity index is 1250. The van der Waals surface area contributed by atoms with Crippen LogP contribution in [0.25, 0.3) is 0 Å². The molecule has 39 heavy (non-hydrogen) atoms. The van der Waals surface area contributed by atoms with Crippen molar-refractivity contribution in [3.63, 3.8) is 0 Å². The fraction of sp³-hybridized carbons (Fsp3) is 0.462. The minimum Gasteiger partial charge on any atom is -0.490 e. The number of aliphatic hydroxyl groups excluding tert-OH is 1. The zero-order valence-electron chi connectivity index (χ0n) is 22.2. The first-order valence-corrected chi connectivity index (χ1v) is 14.9. The average molecular weight is 625 g/mol. The Morgan fingerprint density at radius 1 is 1.00 bits per heavy atom. The molecule has 1 N–H and O–H groups in total. The van der Waals surface area contributed by atoms with E-state index in [9.17, 15) is 23.1 Å². The van der Waals surface area contributed by atoms with Crippen molar-refractivity contribution >= 4 is 56.7 Å². The molecular weight excluding hydrogens is 593 g/mol. The first kappa shape index (κ1) is 33.0. The van der Waals surface area contributed by atoms with Crippen LogP contribution in [0.4, 0.5) is 0 Å². The van der Waals surface area contributed by atoms with Crippen molar-refractivity contribution < 1.29 is 37.3 Å². The van der Waals surface area contributed by atoms with Crippen LogP contribution < -0.4 is 9.47 Å². The highest BCUT2D eigenvalue weighted by Gasteiger charge is 2.28. The molecule has 0 saturated carbocycles. The number of carbonyl (C=O) groups is 2. The van der Waals surface area contributed by atoms with E-state index in [0.29, 0.717) is 10.1 Å². The molecule has 1 amide bonds. The second-order valence-corrected chi connectivity index (χ2v) is 12.4. The molecule has 0 aromatic heterocycles. The quantitative estimate of drug-likeness (QED) is 0.257. The Hall–Kier alpha value is -2.24. The number of carbonyl (C=O) groups excluding carboxylic acids is 2. The lowest BCUT2D eigenvalue weighted by Crippen LogP contribution is -2.43. The van der Waals surface area contributed by atoms with Gasteiger partial charge >= 0.3 is 5.97 Å². The largest absolute Gasteiger partial charge is 0.490 e. The molecule has 0 fully saturated rings. The van der Waals surface area contributed by atoms with Gasteiger partial charge in [0.1, 0.15) is 25.1 Å². The van der Waals surface area contributed by atoms with Crippen LogP contribution in [0, 0.1) is 0 Å². The van der Waals surface area contributed by atoms with E-state index in [1.54, 1.807) is 24.3 Å². The maximum absolute atomic E-state index is 11.9. The summed E-state index contributed by atoms with van der Waals surface area (Å²) < 4.78 is 41.0. The number of halogens is 3. The van der Waals surface area contributed by atoms with E-state index >= 15 is 0 Å². The number of hydrogen-bond acceptors (Lipinski definition) is 8. The van der Waals surface area contributed by atoms with Gasteiger partial charge in [0, 0.05) is 19.3 Å². The maximum Gasteiger partial charge on any atom is 0.303 e. The molecule has 0 bridgehead atoms. The second-order valence-electron chi connectivity index (χ2n) is 9.39. The summed E-state index contributed by atoms with van der Waals surface area (Å²) in [7, 11) is -3.85. The van der Waals surface area contributed by atoms with E-state index in [2.05, 4.69) is 0 Å². The molecule has 9 nitrogen and oxygen atoms in total. The minimum absolute atomic E-state index is 0.0159. The van der Waals surface area contributed by atoms with Crippen LogP contribution in [-0.4, -0.2) is 73.8 Å². The number of nitrogens with zero attached hydrogens (tertiary/aromatic N) is 1. The van der Waals surface area contributed by atoms with Crippen LogP contribution in [0.2, 0.25) is 10.0 Å². The smallest absolute Gasteiger partial charge is 0.303 e. The molecule has 2 aromatic carbocycles. The van der Waals surface area contributed by atoms with Gasteiger partial charge in [0.25, 0.3) is 0 Å². The third-order valence-corrected chi connectivity index (χ3v) is 7.91. The van der Waals surface area contributed by atoms with E-state index in [-0.39, 0.29) is 41.4 Å². The fourth-order valence-electron chi connectivity index (χ4n) is 3.65. The van der Waals surface area contributed by atoms with Crippen LogP contribution in [-0.2, 0) is 29.8 Å². The summed E-state index contributed by atoms with van der Waals surface area (Å²) in [5, 5.41) is 10.2. The lowest BCUT2D eigenvalue weighted by Gasteiger charge is -2.28. The maximum atomic E-state index is 11.9. The Morgan fingerprint density at radius 3 is 2.03 bits per heavy atom. The van der Waals surface area contributed by atoms with Crippen LogP contribution in [0.15, 0.2) is 36.4 Å². The van der Waals surface area contributed by atoms with Crippen molar-refractivity contribution in [2.24, 2.45) is 0 Å². The van der Waals surface area contributed by atoms with E-state index < -0.39 is 39.5 Å². The Kier molecular flexibility index (Phi) is 11.7. The normalized spacial score (nSPS) is 13.4. The fourth-order valence-corrected chi connectivity index (χ4v) is 5.24. The first-order chi connectivity index (χ1) is 18.1. The summed E-state index contributed by atoms with van der Waals surface area (Å²) in [5.41, 5.74) is 1.19. The standard InChI is InChI=1S/C26H32Cl3NO8S/c1-16(31)30(39(5,34)35)13-22(38-17(2)32)15-36-21-8-6-18(7-9-21)26(3,4)19-10-23(28)25(24(29)11-19)37-14-20(33)12-27/h6-11,20,22,33H,12-15H2,1-5H3/t20-,22-/m1/s1. The SMILES string of the molecule is CC(=O)O[C@@H](COc1ccc(C(C)(C)c2cc(Cl)c(OC[C@H](O)CCl)c(Cl)c2)cc1)CN(C(C)=O)S(C)(=O)=O. The van der Waals surface area contributed by atoms with Gasteiger partial charge in [0.2, 0.25) is 15.9 Å².